The molecule has 0 radical (unpaired) electrons. The van der Waals surface area contributed by atoms with Crippen molar-refractivity contribution in [3.63, 3.8) is 0 Å². The number of carbonyl (C=O) groups excluding carboxylic acids is 1. The summed E-state index contributed by atoms with van der Waals surface area (Å²) in [5.74, 6) is 1.82. The Morgan fingerprint density at radius 3 is 2.48 bits per heavy atom. The largest absolute Gasteiger partial charge is 0.342 e. The summed E-state index contributed by atoms with van der Waals surface area (Å²) < 4.78 is 0. The van der Waals surface area contributed by atoms with Crippen molar-refractivity contribution in [3.05, 3.63) is 48.0 Å². The molecule has 0 bridgehead atoms. The van der Waals surface area contributed by atoms with Crippen molar-refractivity contribution in [1.29, 1.82) is 0 Å². The zero-order chi connectivity index (χ0) is 15.6. The zero-order valence-corrected chi connectivity index (χ0v) is 13.5. The number of carbonyl (C=O) groups is 1. The van der Waals surface area contributed by atoms with Crippen LogP contribution in [0.3, 0.4) is 0 Å². The average molecular weight is 308 g/mol. The molecular formula is C20H24N2O. The van der Waals surface area contributed by atoms with Crippen molar-refractivity contribution in [1.82, 2.24) is 10.2 Å². The van der Waals surface area contributed by atoms with E-state index in [-0.39, 0.29) is 5.91 Å². The van der Waals surface area contributed by atoms with E-state index >= 15 is 0 Å². The maximum Gasteiger partial charge on any atom is 0.227 e. The molecule has 2 aromatic carbocycles. The average Bonchev–Trinajstić information content (AvgIpc) is 2.93. The lowest BCUT2D eigenvalue weighted by Gasteiger charge is -2.21. The summed E-state index contributed by atoms with van der Waals surface area (Å²) in [6.07, 6.45) is 2.83. The molecule has 4 rings (SSSR count). The monoisotopic (exact) mass is 308 g/mol. The molecule has 2 aromatic rings. The van der Waals surface area contributed by atoms with Crippen LogP contribution < -0.4 is 5.32 Å². The van der Waals surface area contributed by atoms with Crippen LogP contribution in [0.4, 0.5) is 0 Å². The molecule has 3 heteroatoms. The lowest BCUT2D eigenvalue weighted by molar-refractivity contribution is -0.130. The SMILES string of the molecule is O=C(Cc1cccc2ccccc12)N1CC[C@@H]2CNC[C@@H]2CC1. The summed E-state index contributed by atoms with van der Waals surface area (Å²) in [5.41, 5.74) is 1.15. The van der Waals surface area contributed by atoms with Crippen LogP contribution in [0, 0.1) is 11.8 Å². The third-order valence-electron chi connectivity index (χ3n) is 5.59. The number of hydrogen-bond donors (Lipinski definition) is 1. The minimum Gasteiger partial charge on any atom is -0.342 e. The highest BCUT2D eigenvalue weighted by atomic mass is 16.2. The van der Waals surface area contributed by atoms with E-state index in [0.29, 0.717) is 6.42 Å². The van der Waals surface area contributed by atoms with E-state index in [2.05, 4.69) is 52.7 Å². The smallest absolute Gasteiger partial charge is 0.227 e. The van der Waals surface area contributed by atoms with E-state index in [0.717, 1.165) is 56.4 Å². The van der Waals surface area contributed by atoms with Gasteiger partial charge in [0, 0.05) is 13.1 Å². The molecule has 0 saturated carbocycles. The highest BCUT2D eigenvalue weighted by molar-refractivity contribution is 5.90. The van der Waals surface area contributed by atoms with Gasteiger partial charge in [0.05, 0.1) is 6.42 Å². The highest BCUT2D eigenvalue weighted by Crippen LogP contribution is 2.27. The molecule has 3 nitrogen and oxygen atoms in total. The fourth-order valence-electron chi connectivity index (χ4n) is 4.19. The van der Waals surface area contributed by atoms with Crippen molar-refractivity contribution in [2.24, 2.45) is 11.8 Å². The van der Waals surface area contributed by atoms with E-state index in [9.17, 15) is 4.79 Å². The molecule has 0 aromatic heterocycles. The molecule has 0 aliphatic carbocycles. The molecule has 2 aliphatic rings. The minimum absolute atomic E-state index is 0.286. The van der Waals surface area contributed by atoms with Crippen molar-refractivity contribution >= 4 is 16.7 Å². The van der Waals surface area contributed by atoms with E-state index in [1.54, 1.807) is 0 Å². The van der Waals surface area contributed by atoms with Gasteiger partial charge in [-0.15, -0.1) is 0 Å². The van der Waals surface area contributed by atoms with Crippen molar-refractivity contribution in [2.45, 2.75) is 19.3 Å². The van der Waals surface area contributed by atoms with Gasteiger partial charge in [-0.05, 0) is 54.1 Å². The van der Waals surface area contributed by atoms with Gasteiger partial charge in [-0.2, -0.15) is 0 Å². The van der Waals surface area contributed by atoms with Gasteiger partial charge in [-0.1, -0.05) is 42.5 Å². The van der Waals surface area contributed by atoms with Gasteiger partial charge in [-0.25, -0.2) is 0 Å². The van der Waals surface area contributed by atoms with E-state index in [1.807, 2.05) is 0 Å². The first-order chi connectivity index (χ1) is 11.3. The molecule has 0 unspecified atom stereocenters. The Bertz CT molecular complexity index is 692. The van der Waals surface area contributed by atoms with E-state index in [1.165, 1.54) is 10.8 Å². The first-order valence-electron chi connectivity index (χ1n) is 8.76. The van der Waals surface area contributed by atoms with Crippen LogP contribution in [0.2, 0.25) is 0 Å². The van der Waals surface area contributed by atoms with Crippen LogP contribution in [0.5, 0.6) is 0 Å². The molecule has 0 spiro atoms. The van der Waals surface area contributed by atoms with Crippen molar-refractivity contribution < 1.29 is 4.79 Å². The van der Waals surface area contributed by atoms with E-state index in [4.69, 9.17) is 0 Å². The van der Waals surface area contributed by atoms with Crippen molar-refractivity contribution in [3.8, 4) is 0 Å². The second-order valence-electron chi connectivity index (χ2n) is 6.95. The molecule has 1 amide bonds. The van der Waals surface area contributed by atoms with E-state index < -0.39 is 0 Å². The zero-order valence-electron chi connectivity index (χ0n) is 13.5. The van der Waals surface area contributed by atoms with Crippen LogP contribution in [0.15, 0.2) is 42.5 Å². The van der Waals surface area contributed by atoms with Gasteiger partial charge in [0.2, 0.25) is 5.91 Å². The standard InChI is InChI=1S/C20H24N2O/c23-20(22-10-8-17-13-21-14-18(17)9-11-22)12-16-6-3-5-15-4-1-2-7-19(15)16/h1-7,17-18,21H,8-14H2/t17-,18+. The van der Waals surface area contributed by atoms with Gasteiger partial charge >= 0.3 is 0 Å². The molecular weight excluding hydrogens is 284 g/mol. The summed E-state index contributed by atoms with van der Waals surface area (Å²) in [6, 6.07) is 14.6. The summed E-state index contributed by atoms with van der Waals surface area (Å²) in [6.45, 7) is 4.12. The molecule has 2 aliphatic heterocycles. The number of nitrogens with zero attached hydrogens (tertiary/aromatic N) is 1. The van der Waals surface area contributed by atoms with Crippen LogP contribution >= 0.6 is 0 Å². The Morgan fingerprint density at radius 1 is 1.00 bits per heavy atom. The van der Waals surface area contributed by atoms with Crippen LogP contribution in [0.25, 0.3) is 10.8 Å². The second kappa shape index (κ2) is 6.32. The Hall–Kier alpha value is -1.87. The maximum atomic E-state index is 12.8. The Morgan fingerprint density at radius 2 is 1.70 bits per heavy atom. The highest BCUT2D eigenvalue weighted by Gasteiger charge is 2.31. The number of hydrogen-bond acceptors (Lipinski definition) is 2. The number of nitrogens with one attached hydrogen (secondary N) is 1. The number of rotatable bonds is 2. The summed E-state index contributed by atoms with van der Waals surface area (Å²) >= 11 is 0. The number of likely N-dealkylation sites (tertiary alicyclic amines) is 1. The van der Waals surface area contributed by atoms with Gasteiger partial charge < -0.3 is 10.2 Å². The maximum absolute atomic E-state index is 12.8. The lowest BCUT2D eigenvalue weighted by Crippen LogP contribution is -2.34. The normalized spacial score (nSPS) is 24.4. The molecule has 23 heavy (non-hydrogen) atoms. The Balaban J connectivity index is 1.49. The molecule has 2 heterocycles. The fourth-order valence-corrected chi connectivity index (χ4v) is 4.19. The van der Waals surface area contributed by atoms with Gasteiger partial charge in [0.25, 0.3) is 0 Å². The third-order valence-corrected chi connectivity index (χ3v) is 5.59. The summed E-state index contributed by atoms with van der Waals surface area (Å²) in [7, 11) is 0. The topological polar surface area (TPSA) is 32.3 Å². The Labute approximate surface area is 137 Å². The van der Waals surface area contributed by atoms with Gasteiger partial charge in [0.15, 0.2) is 0 Å². The van der Waals surface area contributed by atoms with Crippen molar-refractivity contribution in [2.75, 3.05) is 26.2 Å². The fraction of sp³-hybridized carbons (Fsp3) is 0.450. The predicted octanol–water partition coefficient (Wildman–Crippen LogP) is 2.84. The molecule has 1 N–H and O–H groups in total. The first-order valence-corrected chi connectivity index (χ1v) is 8.76. The third kappa shape index (κ3) is 2.98. The summed E-state index contributed by atoms with van der Waals surface area (Å²) in [4.78, 5) is 14.9. The lowest BCUT2D eigenvalue weighted by atomic mass is 9.92. The predicted molar refractivity (Wildman–Crippen MR) is 93.3 cm³/mol. The minimum atomic E-state index is 0.286. The summed E-state index contributed by atoms with van der Waals surface area (Å²) in [5, 5.41) is 5.92. The Kier molecular flexibility index (Phi) is 4.04. The van der Waals surface area contributed by atoms with Crippen LogP contribution in [-0.2, 0) is 11.2 Å². The molecule has 2 atom stereocenters. The first kappa shape index (κ1) is 14.7. The number of amides is 1. The number of benzene rings is 2. The number of fused-ring (bicyclic) bond motifs is 2. The molecule has 2 fully saturated rings. The second-order valence-corrected chi connectivity index (χ2v) is 6.95. The molecule has 120 valence electrons. The van der Waals surface area contributed by atoms with Crippen LogP contribution in [-0.4, -0.2) is 37.0 Å². The quantitative estimate of drug-likeness (QED) is 0.925. The van der Waals surface area contributed by atoms with Gasteiger partial charge in [0.1, 0.15) is 0 Å². The molecule has 2 saturated heterocycles. The van der Waals surface area contributed by atoms with Gasteiger partial charge in [-0.3, -0.25) is 4.79 Å². The van der Waals surface area contributed by atoms with Crippen LogP contribution in [0.1, 0.15) is 18.4 Å².